The molecule has 1 amide bonds. The van der Waals surface area contributed by atoms with Gasteiger partial charge in [0.25, 0.3) is 5.56 Å². The van der Waals surface area contributed by atoms with Gasteiger partial charge in [-0.05, 0) is 38.0 Å². The van der Waals surface area contributed by atoms with Crippen molar-refractivity contribution in [1.82, 2.24) is 14.9 Å². The number of piperidine rings is 1. The number of likely N-dealkylation sites (tertiary alicyclic amines) is 1. The fourth-order valence-electron chi connectivity index (χ4n) is 4.14. The fraction of sp³-hybridized carbons (Fsp3) is 0.706. The summed E-state index contributed by atoms with van der Waals surface area (Å²) in [6, 6.07) is 0. The van der Waals surface area contributed by atoms with Gasteiger partial charge in [-0.3, -0.25) is 14.6 Å². The van der Waals surface area contributed by atoms with Gasteiger partial charge in [0.2, 0.25) is 5.91 Å². The Morgan fingerprint density at radius 3 is 2.61 bits per heavy atom. The van der Waals surface area contributed by atoms with Gasteiger partial charge in [0.15, 0.2) is 0 Å². The molecule has 0 bridgehead atoms. The van der Waals surface area contributed by atoms with Crippen LogP contribution in [0.25, 0.3) is 0 Å². The van der Waals surface area contributed by atoms with Crippen molar-refractivity contribution in [3.05, 3.63) is 32.1 Å². The summed E-state index contributed by atoms with van der Waals surface area (Å²) in [5.41, 5.74) is 0.176. The Morgan fingerprint density at radius 2 is 1.87 bits per heavy atom. The van der Waals surface area contributed by atoms with Crippen molar-refractivity contribution in [3.63, 3.8) is 0 Å². The molecule has 0 aromatic carbocycles. The first kappa shape index (κ1) is 16.0. The molecule has 2 aliphatic rings. The van der Waals surface area contributed by atoms with Crippen LogP contribution < -0.4 is 11.2 Å². The summed E-state index contributed by atoms with van der Waals surface area (Å²) in [6.45, 7) is 3.43. The van der Waals surface area contributed by atoms with Gasteiger partial charge in [-0.15, -0.1) is 0 Å². The molecule has 0 unspecified atom stereocenters. The molecular weight excluding hydrogens is 294 g/mol. The van der Waals surface area contributed by atoms with E-state index in [0.29, 0.717) is 30.0 Å². The largest absolute Gasteiger partial charge is 0.342 e. The van der Waals surface area contributed by atoms with Crippen LogP contribution in [0.1, 0.15) is 49.8 Å². The van der Waals surface area contributed by atoms with Gasteiger partial charge >= 0.3 is 5.69 Å². The lowest BCUT2D eigenvalue weighted by Crippen LogP contribution is -2.45. The highest BCUT2D eigenvalue weighted by molar-refractivity contribution is 5.76. The van der Waals surface area contributed by atoms with E-state index in [9.17, 15) is 14.4 Å². The number of rotatable bonds is 3. The lowest BCUT2D eigenvalue weighted by atomic mass is 9.75. The number of aromatic nitrogens is 2. The molecule has 6 heteroatoms. The van der Waals surface area contributed by atoms with E-state index in [1.807, 2.05) is 4.90 Å². The van der Waals surface area contributed by atoms with E-state index in [0.717, 1.165) is 25.4 Å². The fourth-order valence-corrected chi connectivity index (χ4v) is 4.14. The molecule has 1 aliphatic carbocycles. The molecule has 2 atom stereocenters. The predicted molar refractivity (Wildman–Crippen MR) is 87.4 cm³/mol. The van der Waals surface area contributed by atoms with Gasteiger partial charge in [-0.1, -0.05) is 19.3 Å². The van der Waals surface area contributed by atoms with E-state index in [2.05, 4.69) is 9.97 Å². The van der Waals surface area contributed by atoms with Crippen LogP contribution in [0.2, 0.25) is 0 Å². The average molecular weight is 319 g/mol. The van der Waals surface area contributed by atoms with Crippen molar-refractivity contribution in [2.24, 2.45) is 11.8 Å². The first-order chi connectivity index (χ1) is 11.0. The number of aromatic amines is 2. The minimum atomic E-state index is -0.498. The second kappa shape index (κ2) is 6.72. The highest BCUT2D eigenvalue weighted by atomic mass is 16.2. The lowest BCUT2D eigenvalue weighted by molar-refractivity contribution is -0.134. The number of aryl methyl sites for hydroxylation is 1. The van der Waals surface area contributed by atoms with Gasteiger partial charge in [0, 0.05) is 30.8 Å². The molecule has 6 nitrogen and oxygen atoms in total. The Balaban J connectivity index is 1.60. The molecule has 1 aromatic rings. The SMILES string of the molecule is Cc1[nH]c(=O)[nH]c(=O)c1CCC(=O)N1CC[C@@H]2CCCC[C@@H]2C1. The van der Waals surface area contributed by atoms with Gasteiger partial charge in [-0.2, -0.15) is 0 Å². The summed E-state index contributed by atoms with van der Waals surface area (Å²) in [4.78, 5) is 42.3. The molecule has 1 saturated heterocycles. The van der Waals surface area contributed by atoms with E-state index < -0.39 is 5.69 Å². The third-order valence-corrected chi connectivity index (χ3v) is 5.49. The molecule has 0 spiro atoms. The summed E-state index contributed by atoms with van der Waals surface area (Å²) in [5, 5.41) is 0. The van der Waals surface area contributed by atoms with Crippen molar-refractivity contribution in [3.8, 4) is 0 Å². The predicted octanol–water partition coefficient (Wildman–Crippen LogP) is 1.34. The van der Waals surface area contributed by atoms with Crippen LogP contribution in [0.5, 0.6) is 0 Å². The maximum atomic E-state index is 12.5. The third kappa shape index (κ3) is 3.57. The van der Waals surface area contributed by atoms with Crippen LogP contribution in [0.4, 0.5) is 0 Å². The maximum Gasteiger partial charge on any atom is 0.325 e. The number of hydrogen-bond acceptors (Lipinski definition) is 3. The van der Waals surface area contributed by atoms with Gasteiger partial charge in [-0.25, -0.2) is 4.79 Å². The van der Waals surface area contributed by atoms with Crippen LogP contribution in [0, 0.1) is 18.8 Å². The van der Waals surface area contributed by atoms with Crippen LogP contribution in [0.15, 0.2) is 9.59 Å². The molecular formula is C17H25N3O3. The zero-order chi connectivity index (χ0) is 16.4. The summed E-state index contributed by atoms with van der Waals surface area (Å²) < 4.78 is 0. The molecule has 1 aliphatic heterocycles. The number of nitrogens with zero attached hydrogens (tertiary/aromatic N) is 1. The van der Waals surface area contributed by atoms with Gasteiger partial charge in [0.1, 0.15) is 0 Å². The van der Waals surface area contributed by atoms with Crippen molar-refractivity contribution >= 4 is 5.91 Å². The standard InChI is InChI=1S/C17H25N3O3/c1-11-14(16(22)19-17(23)18-11)6-7-15(21)20-9-8-12-4-2-3-5-13(12)10-20/h12-13H,2-10H2,1H3,(H2,18,19,22,23)/t12-,13+/m0/s1. The normalized spacial score (nSPS) is 24.3. The summed E-state index contributed by atoms with van der Waals surface area (Å²) in [7, 11) is 0. The molecule has 2 heterocycles. The molecule has 23 heavy (non-hydrogen) atoms. The van der Waals surface area contributed by atoms with E-state index in [-0.39, 0.29) is 11.5 Å². The van der Waals surface area contributed by atoms with Crippen LogP contribution >= 0.6 is 0 Å². The summed E-state index contributed by atoms with van der Waals surface area (Å²) >= 11 is 0. The van der Waals surface area contributed by atoms with Crippen LogP contribution in [-0.4, -0.2) is 33.9 Å². The number of carbonyl (C=O) groups excluding carboxylic acids is 1. The maximum absolute atomic E-state index is 12.5. The number of fused-ring (bicyclic) bond motifs is 1. The Hall–Kier alpha value is -1.85. The Morgan fingerprint density at radius 1 is 1.13 bits per heavy atom. The Labute approximate surface area is 135 Å². The highest BCUT2D eigenvalue weighted by Gasteiger charge is 2.32. The number of hydrogen-bond donors (Lipinski definition) is 2. The van der Waals surface area contributed by atoms with Crippen LogP contribution in [0.3, 0.4) is 0 Å². The van der Waals surface area contributed by atoms with E-state index in [1.165, 1.54) is 25.7 Å². The van der Waals surface area contributed by atoms with Crippen LogP contribution in [-0.2, 0) is 11.2 Å². The van der Waals surface area contributed by atoms with Gasteiger partial charge < -0.3 is 9.88 Å². The summed E-state index contributed by atoms with van der Waals surface area (Å²) in [5.74, 6) is 1.59. The second-order valence-electron chi connectivity index (χ2n) is 6.94. The third-order valence-electron chi connectivity index (χ3n) is 5.49. The molecule has 126 valence electrons. The Kier molecular flexibility index (Phi) is 4.68. The smallest absolute Gasteiger partial charge is 0.325 e. The van der Waals surface area contributed by atoms with E-state index in [1.54, 1.807) is 6.92 Å². The first-order valence-corrected chi connectivity index (χ1v) is 8.64. The number of nitrogens with one attached hydrogen (secondary N) is 2. The summed E-state index contributed by atoms with van der Waals surface area (Å²) in [6.07, 6.45) is 7.01. The number of carbonyl (C=O) groups is 1. The molecule has 0 radical (unpaired) electrons. The molecule has 2 fully saturated rings. The lowest BCUT2D eigenvalue weighted by Gasteiger charge is -2.41. The van der Waals surface area contributed by atoms with Crippen molar-refractivity contribution < 1.29 is 4.79 Å². The highest BCUT2D eigenvalue weighted by Crippen LogP contribution is 2.36. The minimum absolute atomic E-state index is 0.124. The molecule has 1 aromatic heterocycles. The van der Waals surface area contributed by atoms with E-state index >= 15 is 0 Å². The first-order valence-electron chi connectivity index (χ1n) is 8.64. The number of amides is 1. The molecule has 1 saturated carbocycles. The molecule has 2 N–H and O–H groups in total. The zero-order valence-electron chi connectivity index (χ0n) is 13.7. The number of H-pyrrole nitrogens is 2. The zero-order valence-corrected chi connectivity index (χ0v) is 13.7. The van der Waals surface area contributed by atoms with Gasteiger partial charge in [0.05, 0.1) is 0 Å². The van der Waals surface area contributed by atoms with E-state index in [4.69, 9.17) is 0 Å². The second-order valence-corrected chi connectivity index (χ2v) is 6.94. The Bertz CT molecular complexity index is 691. The van der Waals surface area contributed by atoms with Crippen molar-refractivity contribution in [2.75, 3.05) is 13.1 Å². The molecule has 3 rings (SSSR count). The average Bonchev–Trinajstić information content (AvgIpc) is 2.53. The van der Waals surface area contributed by atoms with Crippen molar-refractivity contribution in [2.45, 2.75) is 51.9 Å². The topological polar surface area (TPSA) is 86.0 Å². The quantitative estimate of drug-likeness (QED) is 0.881. The van der Waals surface area contributed by atoms with Crippen molar-refractivity contribution in [1.29, 1.82) is 0 Å². The minimum Gasteiger partial charge on any atom is -0.342 e. The monoisotopic (exact) mass is 319 g/mol.